The van der Waals surface area contributed by atoms with E-state index >= 15 is 0 Å². The average molecular weight is 425 g/mol. The van der Waals surface area contributed by atoms with Crippen LogP contribution in [0.1, 0.15) is 28.8 Å². The van der Waals surface area contributed by atoms with Crippen molar-refractivity contribution in [1.29, 1.82) is 0 Å². The number of amides is 3. The van der Waals surface area contributed by atoms with E-state index in [9.17, 15) is 14.4 Å². The molecule has 1 aliphatic heterocycles. The van der Waals surface area contributed by atoms with Crippen molar-refractivity contribution >= 4 is 23.6 Å². The second-order valence-corrected chi connectivity index (χ2v) is 7.13. The lowest BCUT2D eigenvalue weighted by molar-refractivity contribution is -0.116. The number of hydrogen-bond acceptors (Lipinski definition) is 5. The molecule has 1 fully saturated rings. The predicted octanol–water partition coefficient (Wildman–Crippen LogP) is 2.80. The normalized spacial score (nSPS) is 13.4. The topological polar surface area (TPSA) is 97.0 Å². The van der Waals surface area contributed by atoms with Gasteiger partial charge in [-0.15, -0.1) is 0 Å². The van der Waals surface area contributed by atoms with Gasteiger partial charge in [-0.1, -0.05) is 36.4 Å². The highest BCUT2D eigenvalue weighted by Gasteiger charge is 2.18. The van der Waals surface area contributed by atoms with Gasteiger partial charge in [-0.2, -0.15) is 0 Å². The minimum absolute atomic E-state index is 0.0717. The lowest BCUT2D eigenvalue weighted by Gasteiger charge is -2.27. The molecule has 0 aromatic heterocycles. The molecule has 8 heteroatoms. The molecule has 1 aliphatic rings. The fraction of sp³-hybridized carbons (Fsp3) is 0.348. The maximum absolute atomic E-state index is 12.6. The van der Waals surface area contributed by atoms with E-state index in [0.717, 1.165) is 5.56 Å². The Hall–Kier alpha value is -3.39. The molecule has 0 spiro atoms. The minimum atomic E-state index is -0.515. The largest absolute Gasteiger partial charge is 0.445 e. The van der Waals surface area contributed by atoms with Crippen molar-refractivity contribution < 1.29 is 23.9 Å². The van der Waals surface area contributed by atoms with Crippen LogP contribution in [0.4, 0.5) is 10.5 Å². The quantitative estimate of drug-likeness (QED) is 0.634. The molecule has 0 unspecified atom stereocenters. The van der Waals surface area contributed by atoms with Gasteiger partial charge in [0.05, 0.1) is 13.2 Å². The van der Waals surface area contributed by atoms with Crippen molar-refractivity contribution in [2.75, 3.05) is 38.2 Å². The van der Waals surface area contributed by atoms with Crippen LogP contribution in [0.5, 0.6) is 0 Å². The summed E-state index contributed by atoms with van der Waals surface area (Å²) >= 11 is 0. The number of carbonyl (C=O) groups is 3. The summed E-state index contributed by atoms with van der Waals surface area (Å²) in [6, 6.07) is 16.3. The van der Waals surface area contributed by atoms with Crippen LogP contribution in [0.25, 0.3) is 0 Å². The molecule has 164 valence electrons. The van der Waals surface area contributed by atoms with Crippen molar-refractivity contribution in [2.45, 2.75) is 19.4 Å². The SMILES string of the molecule is O=C(CCCNC(=O)OCc1ccccc1)Nc1cccc(C(=O)N2CCOCC2)c1. The zero-order valence-corrected chi connectivity index (χ0v) is 17.3. The highest BCUT2D eigenvalue weighted by atomic mass is 16.5. The number of benzene rings is 2. The lowest BCUT2D eigenvalue weighted by Crippen LogP contribution is -2.40. The Labute approximate surface area is 181 Å². The second-order valence-electron chi connectivity index (χ2n) is 7.13. The van der Waals surface area contributed by atoms with Crippen molar-refractivity contribution in [3.63, 3.8) is 0 Å². The van der Waals surface area contributed by atoms with Crippen molar-refractivity contribution in [3.8, 4) is 0 Å². The molecule has 8 nitrogen and oxygen atoms in total. The van der Waals surface area contributed by atoms with Crippen LogP contribution in [-0.2, 0) is 20.9 Å². The first kappa shape index (κ1) is 22.3. The van der Waals surface area contributed by atoms with E-state index in [-0.39, 0.29) is 24.8 Å². The summed E-state index contributed by atoms with van der Waals surface area (Å²) in [5, 5.41) is 5.43. The van der Waals surface area contributed by atoms with Crippen LogP contribution in [0.15, 0.2) is 54.6 Å². The first-order valence-electron chi connectivity index (χ1n) is 10.3. The number of nitrogens with zero attached hydrogens (tertiary/aromatic N) is 1. The molecule has 1 saturated heterocycles. The predicted molar refractivity (Wildman–Crippen MR) is 116 cm³/mol. The maximum Gasteiger partial charge on any atom is 0.407 e. The minimum Gasteiger partial charge on any atom is -0.445 e. The molecule has 2 N–H and O–H groups in total. The van der Waals surface area contributed by atoms with Gasteiger partial charge in [0.15, 0.2) is 0 Å². The van der Waals surface area contributed by atoms with Crippen molar-refractivity contribution in [2.24, 2.45) is 0 Å². The third kappa shape index (κ3) is 7.42. The maximum atomic E-state index is 12.6. The third-order valence-electron chi connectivity index (χ3n) is 4.75. The Balaban J connectivity index is 1.35. The van der Waals surface area contributed by atoms with Gasteiger partial charge < -0.3 is 25.0 Å². The van der Waals surface area contributed by atoms with Crippen LogP contribution >= 0.6 is 0 Å². The number of carbonyl (C=O) groups excluding carboxylic acids is 3. The summed E-state index contributed by atoms with van der Waals surface area (Å²) in [4.78, 5) is 38.2. The molecule has 0 atom stereocenters. The molecule has 1 heterocycles. The molecule has 0 saturated carbocycles. The number of alkyl carbamates (subject to hydrolysis) is 1. The number of anilines is 1. The first-order chi connectivity index (χ1) is 15.1. The molecule has 0 radical (unpaired) electrons. The summed E-state index contributed by atoms with van der Waals surface area (Å²) in [5.74, 6) is -0.256. The number of ether oxygens (including phenoxy) is 2. The number of hydrogen-bond donors (Lipinski definition) is 2. The van der Waals surface area contributed by atoms with Gasteiger partial charge >= 0.3 is 6.09 Å². The Morgan fingerprint density at radius 3 is 2.55 bits per heavy atom. The first-order valence-corrected chi connectivity index (χ1v) is 10.3. The summed E-state index contributed by atoms with van der Waals surface area (Å²) in [5.41, 5.74) is 2.01. The van der Waals surface area contributed by atoms with Crippen LogP contribution in [-0.4, -0.2) is 55.7 Å². The van der Waals surface area contributed by atoms with Gasteiger partial charge in [0.2, 0.25) is 5.91 Å². The molecular formula is C23H27N3O5. The number of nitrogens with one attached hydrogen (secondary N) is 2. The highest BCUT2D eigenvalue weighted by molar-refractivity contribution is 5.97. The molecular weight excluding hydrogens is 398 g/mol. The van der Waals surface area contributed by atoms with E-state index in [1.807, 2.05) is 30.3 Å². The monoisotopic (exact) mass is 425 g/mol. The van der Waals surface area contributed by atoms with E-state index in [0.29, 0.717) is 50.5 Å². The Morgan fingerprint density at radius 2 is 1.77 bits per heavy atom. The van der Waals surface area contributed by atoms with Crippen LogP contribution < -0.4 is 10.6 Å². The second kappa shape index (κ2) is 11.7. The summed E-state index contributed by atoms with van der Waals surface area (Å²) in [6.45, 7) is 2.74. The van der Waals surface area contributed by atoms with Gasteiger partial charge in [0.1, 0.15) is 6.61 Å². The van der Waals surface area contributed by atoms with E-state index in [1.165, 1.54) is 0 Å². The lowest BCUT2D eigenvalue weighted by atomic mass is 10.1. The van der Waals surface area contributed by atoms with E-state index < -0.39 is 6.09 Å². The van der Waals surface area contributed by atoms with Crippen LogP contribution in [0.3, 0.4) is 0 Å². The van der Waals surface area contributed by atoms with Crippen LogP contribution in [0, 0.1) is 0 Å². The van der Waals surface area contributed by atoms with E-state index in [2.05, 4.69) is 10.6 Å². The van der Waals surface area contributed by atoms with E-state index in [4.69, 9.17) is 9.47 Å². The van der Waals surface area contributed by atoms with Crippen LogP contribution in [0.2, 0.25) is 0 Å². The molecule has 0 aliphatic carbocycles. The highest BCUT2D eigenvalue weighted by Crippen LogP contribution is 2.14. The van der Waals surface area contributed by atoms with Crippen molar-refractivity contribution in [1.82, 2.24) is 10.2 Å². The molecule has 3 amide bonds. The number of morpholine rings is 1. The smallest absolute Gasteiger partial charge is 0.407 e. The van der Waals surface area contributed by atoms with Gasteiger partial charge in [-0.05, 0) is 30.2 Å². The van der Waals surface area contributed by atoms with Crippen molar-refractivity contribution in [3.05, 3.63) is 65.7 Å². The fourth-order valence-electron chi connectivity index (χ4n) is 3.12. The Morgan fingerprint density at radius 1 is 1.00 bits per heavy atom. The molecule has 3 rings (SSSR count). The van der Waals surface area contributed by atoms with E-state index in [1.54, 1.807) is 29.2 Å². The molecule has 2 aromatic rings. The standard InChI is InChI=1S/C23H27N3O5/c27-21(10-5-11-24-23(29)31-17-18-6-2-1-3-7-18)25-20-9-4-8-19(16-20)22(28)26-12-14-30-15-13-26/h1-4,6-9,16H,5,10-15,17H2,(H,24,29)(H,25,27). The average Bonchev–Trinajstić information content (AvgIpc) is 2.81. The zero-order chi connectivity index (χ0) is 21.9. The van der Waals surface area contributed by atoms with Gasteiger partial charge in [-0.3, -0.25) is 9.59 Å². The van der Waals surface area contributed by atoms with Gasteiger partial charge in [0.25, 0.3) is 5.91 Å². The zero-order valence-electron chi connectivity index (χ0n) is 17.3. The molecule has 2 aromatic carbocycles. The Bertz CT molecular complexity index is 882. The number of rotatable bonds is 8. The Kier molecular flexibility index (Phi) is 8.42. The summed E-state index contributed by atoms with van der Waals surface area (Å²) in [7, 11) is 0. The van der Waals surface area contributed by atoms with Gasteiger partial charge in [0, 0.05) is 37.3 Å². The molecule has 31 heavy (non-hydrogen) atoms. The summed E-state index contributed by atoms with van der Waals surface area (Å²) < 4.78 is 10.4. The summed E-state index contributed by atoms with van der Waals surface area (Å²) in [6.07, 6.45) is 0.192. The fourth-order valence-corrected chi connectivity index (χ4v) is 3.12. The van der Waals surface area contributed by atoms with Gasteiger partial charge in [-0.25, -0.2) is 4.79 Å². The third-order valence-corrected chi connectivity index (χ3v) is 4.75. The molecule has 0 bridgehead atoms.